The van der Waals surface area contributed by atoms with Gasteiger partial charge in [0, 0.05) is 13.7 Å². The fourth-order valence-electron chi connectivity index (χ4n) is 2.69. The van der Waals surface area contributed by atoms with Crippen molar-refractivity contribution >= 4 is 5.91 Å². The number of benzene rings is 1. The Morgan fingerprint density at radius 3 is 2.45 bits per heavy atom. The minimum Gasteiger partial charge on any atom is -0.369 e. The average Bonchev–Trinajstić information content (AvgIpc) is 3.03. The smallest absolute Gasteiger partial charge is 0.251 e. The van der Waals surface area contributed by atoms with E-state index in [1.165, 1.54) is 19.2 Å². The predicted octanol–water partition coefficient (Wildman–Crippen LogP) is 2.50. The lowest BCUT2D eigenvalue weighted by atomic mass is 10.0. The van der Waals surface area contributed by atoms with Crippen LogP contribution in [-0.4, -0.2) is 43.2 Å². The van der Waals surface area contributed by atoms with Gasteiger partial charge in [-0.1, -0.05) is 12.1 Å². The molecular weight excluding hydrogens is 283 g/mol. The van der Waals surface area contributed by atoms with Crippen molar-refractivity contribution < 1.29 is 13.9 Å². The maximum atomic E-state index is 13.1. The van der Waals surface area contributed by atoms with E-state index in [2.05, 4.69) is 10.2 Å². The Bertz CT molecular complexity index is 496. The van der Waals surface area contributed by atoms with E-state index in [1.807, 2.05) is 0 Å². The average molecular weight is 308 g/mol. The third kappa shape index (κ3) is 4.05. The first kappa shape index (κ1) is 16.9. The van der Waals surface area contributed by atoms with Crippen LogP contribution >= 0.6 is 0 Å². The molecule has 1 aromatic rings. The summed E-state index contributed by atoms with van der Waals surface area (Å²) in [5, 5.41) is 2.96. The molecule has 0 spiro atoms. The topological polar surface area (TPSA) is 41.6 Å². The molecule has 0 bridgehead atoms. The molecule has 1 amide bonds. The van der Waals surface area contributed by atoms with E-state index < -0.39 is 5.60 Å². The number of rotatable bonds is 6. The maximum absolute atomic E-state index is 13.1. The van der Waals surface area contributed by atoms with E-state index in [-0.39, 0.29) is 17.8 Å². The molecule has 2 rings (SSSR count). The Hall–Kier alpha value is -1.46. The van der Waals surface area contributed by atoms with Crippen molar-refractivity contribution in [2.75, 3.05) is 26.7 Å². The van der Waals surface area contributed by atoms with Gasteiger partial charge in [0.15, 0.2) is 0 Å². The van der Waals surface area contributed by atoms with Crippen LogP contribution in [0.1, 0.15) is 38.3 Å². The normalized spacial score (nSPS) is 17.5. The molecule has 1 atom stereocenters. The zero-order chi connectivity index (χ0) is 16.2. The van der Waals surface area contributed by atoms with Crippen LogP contribution < -0.4 is 5.32 Å². The fourth-order valence-corrected chi connectivity index (χ4v) is 2.69. The van der Waals surface area contributed by atoms with Gasteiger partial charge in [0.25, 0.3) is 5.91 Å². The molecule has 1 aliphatic rings. The molecule has 0 saturated carbocycles. The molecule has 0 aliphatic carbocycles. The summed E-state index contributed by atoms with van der Waals surface area (Å²) in [6.07, 6.45) is 2.32. The fraction of sp³-hybridized carbons (Fsp3) is 0.588. The summed E-state index contributed by atoms with van der Waals surface area (Å²) in [6.45, 7) is 5.99. The molecule has 1 fully saturated rings. The summed E-state index contributed by atoms with van der Waals surface area (Å²) in [5.74, 6) is -0.380. The van der Waals surface area contributed by atoms with Crippen LogP contribution in [0.15, 0.2) is 24.3 Å². The standard InChI is InChI=1S/C17H25FN2O2/c1-17(2,22-3)16(21)19-12-15(20-10-4-5-11-20)13-6-8-14(18)9-7-13/h6-9,15H,4-5,10-12H2,1-3H3,(H,19,21). The lowest BCUT2D eigenvalue weighted by Gasteiger charge is -2.30. The van der Waals surface area contributed by atoms with Crippen molar-refractivity contribution in [2.24, 2.45) is 0 Å². The van der Waals surface area contributed by atoms with Crippen molar-refractivity contribution in [1.29, 1.82) is 0 Å². The van der Waals surface area contributed by atoms with Gasteiger partial charge in [-0.25, -0.2) is 4.39 Å². The summed E-state index contributed by atoms with van der Waals surface area (Å²) >= 11 is 0. The zero-order valence-corrected chi connectivity index (χ0v) is 13.6. The number of halogens is 1. The number of amides is 1. The molecule has 0 radical (unpaired) electrons. The minimum absolute atomic E-state index is 0.0692. The maximum Gasteiger partial charge on any atom is 0.251 e. The predicted molar refractivity (Wildman–Crippen MR) is 84.0 cm³/mol. The Balaban J connectivity index is 2.08. The van der Waals surface area contributed by atoms with E-state index in [0.29, 0.717) is 6.54 Å². The van der Waals surface area contributed by atoms with Crippen LogP contribution in [0.4, 0.5) is 4.39 Å². The van der Waals surface area contributed by atoms with Gasteiger partial charge < -0.3 is 10.1 Å². The highest BCUT2D eigenvalue weighted by Gasteiger charge is 2.29. The molecule has 4 nitrogen and oxygen atoms in total. The second-order valence-corrected chi connectivity index (χ2v) is 6.23. The molecule has 1 saturated heterocycles. The SMILES string of the molecule is COC(C)(C)C(=O)NCC(c1ccc(F)cc1)N1CCCC1. The number of hydrogen-bond donors (Lipinski definition) is 1. The summed E-state index contributed by atoms with van der Waals surface area (Å²) < 4.78 is 18.3. The van der Waals surface area contributed by atoms with Gasteiger partial charge in [0.2, 0.25) is 0 Å². The third-order valence-corrected chi connectivity index (χ3v) is 4.35. The Kier molecular flexibility index (Phi) is 5.53. The highest BCUT2D eigenvalue weighted by atomic mass is 19.1. The molecule has 5 heteroatoms. The molecule has 122 valence electrons. The van der Waals surface area contributed by atoms with Crippen LogP contribution in [0.25, 0.3) is 0 Å². The molecule has 1 heterocycles. The molecule has 22 heavy (non-hydrogen) atoms. The largest absolute Gasteiger partial charge is 0.369 e. The summed E-state index contributed by atoms with van der Waals surface area (Å²) in [6, 6.07) is 6.61. The van der Waals surface area contributed by atoms with Crippen LogP contribution in [-0.2, 0) is 9.53 Å². The van der Waals surface area contributed by atoms with Crippen molar-refractivity contribution in [3.05, 3.63) is 35.6 Å². The third-order valence-electron chi connectivity index (χ3n) is 4.35. The zero-order valence-electron chi connectivity index (χ0n) is 13.6. The van der Waals surface area contributed by atoms with Crippen molar-refractivity contribution in [2.45, 2.75) is 38.3 Å². The number of ether oxygens (including phenoxy) is 1. The molecule has 0 aromatic heterocycles. The van der Waals surface area contributed by atoms with E-state index >= 15 is 0 Å². The lowest BCUT2D eigenvalue weighted by Crippen LogP contribution is -2.46. The molecule has 1 aromatic carbocycles. The number of nitrogens with one attached hydrogen (secondary N) is 1. The van der Waals surface area contributed by atoms with Crippen LogP contribution in [0.5, 0.6) is 0 Å². The number of hydrogen-bond acceptors (Lipinski definition) is 3. The summed E-state index contributed by atoms with van der Waals surface area (Å²) in [4.78, 5) is 14.5. The highest BCUT2D eigenvalue weighted by Crippen LogP contribution is 2.25. The Morgan fingerprint density at radius 1 is 1.32 bits per heavy atom. The molecule has 1 unspecified atom stereocenters. The van der Waals surface area contributed by atoms with Gasteiger partial charge in [-0.05, 0) is 57.5 Å². The number of likely N-dealkylation sites (tertiary alicyclic amines) is 1. The van der Waals surface area contributed by atoms with Gasteiger partial charge in [-0.3, -0.25) is 9.69 Å². The monoisotopic (exact) mass is 308 g/mol. The van der Waals surface area contributed by atoms with Gasteiger partial charge in [0.05, 0.1) is 6.04 Å². The summed E-state index contributed by atoms with van der Waals surface area (Å²) in [5.41, 5.74) is 0.178. The van der Waals surface area contributed by atoms with Crippen molar-refractivity contribution in [1.82, 2.24) is 10.2 Å². The van der Waals surface area contributed by atoms with Gasteiger partial charge >= 0.3 is 0 Å². The second kappa shape index (κ2) is 7.20. The first-order chi connectivity index (χ1) is 10.4. The molecular formula is C17H25FN2O2. The van der Waals surface area contributed by atoms with E-state index in [9.17, 15) is 9.18 Å². The van der Waals surface area contributed by atoms with Crippen molar-refractivity contribution in [3.8, 4) is 0 Å². The van der Waals surface area contributed by atoms with Crippen molar-refractivity contribution in [3.63, 3.8) is 0 Å². The summed E-state index contributed by atoms with van der Waals surface area (Å²) in [7, 11) is 1.53. The van der Waals surface area contributed by atoms with Crippen LogP contribution in [0.3, 0.4) is 0 Å². The first-order valence-electron chi connectivity index (χ1n) is 7.77. The molecule has 1 aliphatic heterocycles. The highest BCUT2D eigenvalue weighted by molar-refractivity contribution is 5.84. The van der Waals surface area contributed by atoms with Crippen LogP contribution in [0, 0.1) is 5.82 Å². The van der Waals surface area contributed by atoms with Crippen LogP contribution in [0.2, 0.25) is 0 Å². The number of methoxy groups -OCH3 is 1. The van der Waals surface area contributed by atoms with E-state index in [0.717, 1.165) is 31.5 Å². The Labute approximate surface area is 131 Å². The number of carbonyl (C=O) groups excluding carboxylic acids is 1. The van der Waals surface area contributed by atoms with Gasteiger partial charge in [-0.15, -0.1) is 0 Å². The Morgan fingerprint density at radius 2 is 1.91 bits per heavy atom. The van der Waals surface area contributed by atoms with E-state index in [1.54, 1.807) is 26.0 Å². The van der Waals surface area contributed by atoms with Gasteiger partial charge in [0.1, 0.15) is 11.4 Å². The molecule has 1 N–H and O–H groups in total. The quantitative estimate of drug-likeness (QED) is 0.878. The lowest BCUT2D eigenvalue weighted by molar-refractivity contribution is -0.139. The second-order valence-electron chi connectivity index (χ2n) is 6.23. The first-order valence-corrected chi connectivity index (χ1v) is 7.77. The van der Waals surface area contributed by atoms with E-state index in [4.69, 9.17) is 4.74 Å². The van der Waals surface area contributed by atoms with Gasteiger partial charge in [-0.2, -0.15) is 0 Å². The number of carbonyl (C=O) groups is 1. The number of nitrogens with zero attached hydrogens (tertiary/aromatic N) is 1. The minimum atomic E-state index is -0.849.